The Morgan fingerprint density at radius 2 is 1.70 bits per heavy atom. The van der Waals surface area contributed by atoms with E-state index in [9.17, 15) is 0 Å². The molecule has 3 heteroatoms. The van der Waals surface area contributed by atoms with Gasteiger partial charge in [0.1, 0.15) is 4.38 Å². The molecular formula is C17H17NS2. The largest absolute Gasteiger partial charge is 0.271 e. The van der Waals surface area contributed by atoms with Crippen molar-refractivity contribution in [3.05, 3.63) is 54.6 Å². The molecule has 102 valence electrons. The number of hydrogen-bond donors (Lipinski definition) is 0. The van der Waals surface area contributed by atoms with Gasteiger partial charge in [-0.2, -0.15) is 0 Å². The normalized spacial score (nSPS) is 18.6. The molecule has 1 unspecified atom stereocenters. The fourth-order valence-electron chi connectivity index (χ4n) is 2.05. The van der Waals surface area contributed by atoms with Gasteiger partial charge in [0.2, 0.25) is 0 Å². The van der Waals surface area contributed by atoms with Gasteiger partial charge in [0, 0.05) is 17.2 Å². The van der Waals surface area contributed by atoms with E-state index in [2.05, 4.69) is 60.4 Å². The minimum Gasteiger partial charge on any atom is -0.271 e. The van der Waals surface area contributed by atoms with Gasteiger partial charge in [-0.25, -0.2) is 0 Å². The maximum atomic E-state index is 4.63. The van der Waals surface area contributed by atoms with E-state index in [1.165, 1.54) is 26.2 Å². The van der Waals surface area contributed by atoms with Crippen molar-refractivity contribution in [2.45, 2.75) is 11.8 Å². The third-order valence-electron chi connectivity index (χ3n) is 3.19. The zero-order valence-corrected chi connectivity index (χ0v) is 13.1. The van der Waals surface area contributed by atoms with Gasteiger partial charge in [-0.3, -0.25) is 4.99 Å². The van der Waals surface area contributed by atoms with E-state index >= 15 is 0 Å². The molecule has 0 amide bonds. The molecule has 0 fully saturated rings. The van der Waals surface area contributed by atoms with Crippen molar-refractivity contribution in [1.82, 2.24) is 0 Å². The van der Waals surface area contributed by atoms with E-state index in [4.69, 9.17) is 0 Å². The number of rotatable bonds is 2. The van der Waals surface area contributed by atoms with Crippen LogP contribution in [0.15, 0.2) is 64.5 Å². The first-order chi connectivity index (χ1) is 9.81. The van der Waals surface area contributed by atoms with Gasteiger partial charge >= 0.3 is 0 Å². The summed E-state index contributed by atoms with van der Waals surface area (Å²) in [6.07, 6.45) is 0. The molecule has 0 N–H and O–H groups in total. The molecule has 20 heavy (non-hydrogen) atoms. The summed E-state index contributed by atoms with van der Waals surface area (Å²) in [6, 6.07) is 19.2. The van der Waals surface area contributed by atoms with Crippen LogP contribution >= 0.6 is 23.5 Å². The summed E-state index contributed by atoms with van der Waals surface area (Å²) in [5.41, 5.74) is 2.53. The lowest BCUT2D eigenvalue weighted by atomic mass is 10.1. The molecule has 2 aromatic carbocycles. The number of nitrogens with zero attached hydrogens (tertiary/aromatic N) is 1. The number of benzene rings is 2. The van der Waals surface area contributed by atoms with Gasteiger partial charge < -0.3 is 0 Å². The molecule has 0 saturated heterocycles. The molecule has 0 aliphatic carbocycles. The van der Waals surface area contributed by atoms with Gasteiger partial charge in [-0.1, -0.05) is 72.9 Å². The summed E-state index contributed by atoms with van der Waals surface area (Å²) in [5.74, 6) is 1.90. The summed E-state index contributed by atoms with van der Waals surface area (Å²) in [7, 11) is 0. The van der Waals surface area contributed by atoms with Crippen molar-refractivity contribution in [2.75, 3.05) is 12.3 Å². The maximum Gasteiger partial charge on any atom is 0.129 e. The van der Waals surface area contributed by atoms with Crippen LogP contribution in [0.25, 0.3) is 11.1 Å². The molecule has 0 saturated carbocycles. The Labute approximate surface area is 128 Å². The Morgan fingerprint density at radius 3 is 2.35 bits per heavy atom. The molecule has 0 spiro atoms. The van der Waals surface area contributed by atoms with Crippen LogP contribution in [0.4, 0.5) is 0 Å². The molecule has 1 nitrogen and oxygen atoms in total. The molecular weight excluding hydrogens is 282 g/mol. The molecule has 0 radical (unpaired) electrons. The SMILES string of the molecule is CC1CN=C(Sc2ccc(-c3ccccc3)cc2)SC1. The highest BCUT2D eigenvalue weighted by atomic mass is 32.2. The molecule has 3 rings (SSSR count). The molecule has 0 aromatic heterocycles. The Morgan fingerprint density at radius 1 is 1.00 bits per heavy atom. The monoisotopic (exact) mass is 299 g/mol. The predicted molar refractivity (Wildman–Crippen MR) is 91.7 cm³/mol. The van der Waals surface area contributed by atoms with Crippen molar-refractivity contribution in [1.29, 1.82) is 0 Å². The fraction of sp³-hybridized carbons (Fsp3) is 0.235. The van der Waals surface area contributed by atoms with Crippen molar-refractivity contribution in [3.8, 4) is 11.1 Å². The van der Waals surface area contributed by atoms with Gasteiger partial charge in [-0.05, 0) is 29.2 Å². The zero-order valence-electron chi connectivity index (χ0n) is 11.5. The van der Waals surface area contributed by atoms with Crippen LogP contribution in [0, 0.1) is 5.92 Å². The molecule has 2 aromatic rings. The van der Waals surface area contributed by atoms with Gasteiger partial charge in [-0.15, -0.1) is 0 Å². The van der Waals surface area contributed by atoms with Crippen molar-refractivity contribution in [2.24, 2.45) is 10.9 Å². The van der Waals surface area contributed by atoms with E-state index in [1.54, 1.807) is 11.8 Å². The molecule has 1 heterocycles. The maximum absolute atomic E-state index is 4.63. The summed E-state index contributed by atoms with van der Waals surface area (Å²) in [4.78, 5) is 5.90. The Bertz CT molecular complexity index is 590. The summed E-state index contributed by atoms with van der Waals surface area (Å²) in [5, 5.41) is 0. The van der Waals surface area contributed by atoms with E-state index in [0.717, 1.165) is 6.54 Å². The van der Waals surface area contributed by atoms with Gasteiger partial charge in [0.05, 0.1) is 0 Å². The standard InChI is InChI=1S/C17H17NS2/c1-13-11-18-17(19-12-13)20-16-9-7-15(8-10-16)14-5-3-2-4-6-14/h2-10,13H,11-12H2,1H3. The Balaban J connectivity index is 1.71. The highest BCUT2D eigenvalue weighted by molar-refractivity contribution is 8.38. The topological polar surface area (TPSA) is 12.4 Å². The fourth-order valence-corrected chi connectivity index (χ4v) is 4.09. The molecule has 0 bridgehead atoms. The van der Waals surface area contributed by atoms with Crippen LogP contribution in [-0.4, -0.2) is 16.7 Å². The van der Waals surface area contributed by atoms with E-state index in [1.807, 2.05) is 17.8 Å². The van der Waals surface area contributed by atoms with Crippen LogP contribution < -0.4 is 0 Å². The summed E-state index contributed by atoms with van der Waals surface area (Å²) >= 11 is 3.66. The van der Waals surface area contributed by atoms with E-state index in [-0.39, 0.29) is 0 Å². The van der Waals surface area contributed by atoms with Gasteiger partial charge in [0.25, 0.3) is 0 Å². The first-order valence-electron chi connectivity index (χ1n) is 6.82. The predicted octanol–water partition coefficient (Wildman–Crippen LogP) is 5.18. The summed E-state index contributed by atoms with van der Waals surface area (Å²) < 4.78 is 1.20. The minimum atomic E-state index is 0.713. The van der Waals surface area contributed by atoms with Crippen LogP contribution in [0.5, 0.6) is 0 Å². The number of hydrogen-bond acceptors (Lipinski definition) is 3. The van der Waals surface area contributed by atoms with Crippen LogP contribution in [0.3, 0.4) is 0 Å². The highest BCUT2D eigenvalue weighted by Gasteiger charge is 2.13. The van der Waals surface area contributed by atoms with Crippen molar-refractivity contribution in [3.63, 3.8) is 0 Å². The third kappa shape index (κ3) is 3.47. The zero-order chi connectivity index (χ0) is 13.8. The number of thioether (sulfide) groups is 2. The second kappa shape index (κ2) is 6.51. The lowest BCUT2D eigenvalue weighted by Crippen LogP contribution is -2.10. The van der Waals surface area contributed by atoms with Crippen LogP contribution in [0.1, 0.15) is 6.92 Å². The second-order valence-corrected chi connectivity index (χ2v) is 7.34. The van der Waals surface area contributed by atoms with Crippen molar-refractivity contribution < 1.29 is 0 Å². The van der Waals surface area contributed by atoms with Crippen LogP contribution in [0.2, 0.25) is 0 Å². The molecule has 1 aliphatic heterocycles. The first kappa shape index (κ1) is 13.8. The minimum absolute atomic E-state index is 0.713. The molecule has 1 atom stereocenters. The van der Waals surface area contributed by atoms with E-state index in [0.29, 0.717) is 5.92 Å². The first-order valence-corrected chi connectivity index (χ1v) is 8.62. The smallest absolute Gasteiger partial charge is 0.129 e. The van der Waals surface area contributed by atoms with E-state index < -0.39 is 0 Å². The highest BCUT2D eigenvalue weighted by Crippen LogP contribution is 2.31. The average molecular weight is 299 g/mol. The molecule has 1 aliphatic rings. The Kier molecular flexibility index (Phi) is 4.48. The lowest BCUT2D eigenvalue weighted by Gasteiger charge is -2.16. The van der Waals surface area contributed by atoms with Gasteiger partial charge in [0.15, 0.2) is 0 Å². The number of aliphatic imine (C=N–C) groups is 1. The quantitative estimate of drug-likeness (QED) is 0.757. The van der Waals surface area contributed by atoms with Crippen LogP contribution in [-0.2, 0) is 0 Å². The summed E-state index contributed by atoms with van der Waals surface area (Å²) in [6.45, 7) is 3.23. The second-order valence-electron chi connectivity index (χ2n) is 5.02. The Hall–Kier alpha value is -1.19. The lowest BCUT2D eigenvalue weighted by molar-refractivity contribution is 0.675. The average Bonchev–Trinajstić information content (AvgIpc) is 2.51. The third-order valence-corrected chi connectivity index (χ3v) is 5.72. The van der Waals surface area contributed by atoms with Crippen molar-refractivity contribution >= 4 is 27.9 Å².